The third-order valence-electron chi connectivity index (χ3n) is 6.71. The lowest BCUT2D eigenvalue weighted by Crippen LogP contribution is -2.32. The molecule has 1 amide bonds. The number of anilines is 1. The molecule has 8 nitrogen and oxygen atoms in total. The monoisotopic (exact) mass is 572 g/mol. The minimum absolute atomic E-state index is 0.0773. The maximum atomic E-state index is 13.7. The molecule has 0 bridgehead atoms. The molecule has 0 aliphatic rings. The van der Waals surface area contributed by atoms with E-state index in [0.29, 0.717) is 54.5 Å². The van der Waals surface area contributed by atoms with Crippen molar-refractivity contribution in [2.45, 2.75) is 25.8 Å². The van der Waals surface area contributed by atoms with Crippen LogP contribution in [0, 0.1) is 0 Å². The summed E-state index contributed by atoms with van der Waals surface area (Å²) < 4.78 is 14.1. The Kier molecular flexibility index (Phi) is 9.05. The molecular formula is C31H30ClFN6O2. The molecular weight excluding hydrogens is 543 g/mol. The average molecular weight is 573 g/mol. The second-order valence-corrected chi connectivity index (χ2v) is 10.1. The Bertz CT molecular complexity index is 1670. The first-order valence-electron chi connectivity index (χ1n) is 13.5. The molecule has 0 aliphatic heterocycles. The van der Waals surface area contributed by atoms with Gasteiger partial charge in [-0.25, -0.2) is 9.50 Å². The number of rotatable bonds is 12. The average Bonchev–Trinajstić information content (AvgIpc) is 3.41. The van der Waals surface area contributed by atoms with Crippen LogP contribution in [0.3, 0.4) is 0 Å². The number of unbranched alkanes of at least 4 members (excludes halogenated alkanes) is 1. The van der Waals surface area contributed by atoms with Gasteiger partial charge in [0, 0.05) is 66.2 Å². The van der Waals surface area contributed by atoms with Crippen molar-refractivity contribution in [3.8, 4) is 11.3 Å². The number of carbonyl (C=O) groups excluding carboxylic acids is 1. The van der Waals surface area contributed by atoms with Crippen LogP contribution >= 0.6 is 11.6 Å². The van der Waals surface area contributed by atoms with Gasteiger partial charge in [-0.15, -0.1) is 5.10 Å². The van der Waals surface area contributed by atoms with Gasteiger partial charge in [0.2, 0.25) is 0 Å². The van der Waals surface area contributed by atoms with Crippen molar-refractivity contribution < 1.29 is 9.18 Å². The standard InChI is InChI=1S/C31H30ClFN6O2/c32-25-9-3-22(4-10-25)21-38(18-14-26-19-27(40)13-17-34-26)31(41)24-7-5-23(6-8-24)28-20-36-30-12-11-29(37-39(28)30)35-16-2-1-15-33/h3-13,17,19-20H,1-2,14-16,18,21H2,(H,34,40)(H,35,37). The molecule has 0 unspecified atom stereocenters. The number of hydrogen-bond acceptors (Lipinski definition) is 5. The molecule has 41 heavy (non-hydrogen) atoms. The molecule has 3 heterocycles. The number of H-pyrrole nitrogens is 1. The number of aromatic amines is 1. The van der Waals surface area contributed by atoms with Gasteiger partial charge in [0.15, 0.2) is 11.1 Å². The van der Waals surface area contributed by atoms with Crippen molar-refractivity contribution >= 4 is 29.0 Å². The molecule has 5 rings (SSSR count). The molecule has 2 N–H and O–H groups in total. The molecule has 0 aliphatic carbocycles. The molecule has 210 valence electrons. The number of carbonyl (C=O) groups is 1. The largest absolute Gasteiger partial charge is 0.369 e. The number of nitrogens with one attached hydrogen (secondary N) is 2. The van der Waals surface area contributed by atoms with E-state index in [-0.39, 0.29) is 18.0 Å². The lowest BCUT2D eigenvalue weighted by Gasteiger charge is -2.23. The van der Waals surface area contributed by atoms with Crippen LogP contribution in [0.25, 0.3) is 16.9 Å². The van der Waals surface area contributed by atoms with E-state index in [2.05, 4.69) is 20.4 Å². The van der Waals surface area contributed by atoms with Crippen LogP contribution < -0.4 is 10.7 Å². The van der Waals surface area contributed by atoms with Crippen LogP contribution in [0.5, 0.6) is 0 Å². The number of alkyl halides is 1. The third-order valence-corrected chi connectivity index (χ3v) is 6.97. The van der Waals surface area contributed by atoms with Crippen molar-refractivity contribution in [1.82, 2.24) is 24.5 Å². The number of amides is 1. The zero-order valence-electron chi connectivity index (χ0n) is 22.4. The molecule has 0 saturated heterocycles. The van der Waals surface area contributed by atoms with E-state index in [1.54, 1.807) is 52.1 Å². The van der Waals surface area contributed by atoms with Gasteiger partial charge >= 0.3 is 0 Å². The van der Waals surface area contributed by atoms with Crippen LogP contribution in [-0.4, -0.2) is 50.2 Å². The van der Waals surface area contributed by atoms with E-state index in [1.165, 1.54) is 6.07 Å². The molecule has 2 aromatic carbocycles. The Labute approximate surface area is 241 Å². The molecule has 0 radical (unpaired) electrons. The predicted octanol–water partition coefficient (Wildman–Crippen LogP) is 5.78. The van der Waals surface area contributed by atoms with E-state index in [9.17, 15) is 14.0 Å². The van der Waals surface area contributed by atoms with E-state index in [0.717, 1.165) is 28.9 Å². The first kappa shape index (κ1) is 28.0. The molecule has 0 saturated carbocycles. The van der Waals surface area contributed by atoms with Crippen molar-refractivity contribution in [1.29, 1.82) is 0 Å². The summed E-state index contributed by atoms with van der Waals surface area (Å²) in [5.41, 5.74) is 4.53. The predicted molar refractivity (Wildman–Crippen MR) is 159 cm³/mol. The molecule has 0 spiro atoms. The first-order chi connectivity index (χ1) is 20.0. The number of fused-ring (bicyclic) bond motifs is 1. The highest BCUT2D eigenvalue weighted by Gasteiger charge is 2.18. The van der Waals surface area contributed by atoms with Crippen LogP contribution in [0.4, 0.5) is 10.2 Å². The Balaban J connectivity index is 1.35. The minimum atomic E-state index is -0.328. The fourth-order valence-corrected chi connectivity index (χ4v) is 4.65. The van der Waals surface area contributed by atoms with E-state index >= 15 is 0 Å². The number of aromatic nitrogens is 4. The number of hydrogen-bond donors (Lipinski definition) is 2. The molecule has 3 aromatic heterocycles. The number of nitrogens with zero attached hydrogens (tertiary/aromatic N) is 4. The molecule has 0 fully saturated rings. The molecule has 0 atom stereocenters. The van der Waals surface area contributed by atoms with Gasteiger partial charge in [0.05, 0.1) is 18.6 Å². The maximum Gasteiger partial charge on any atom is 0.254 e. The second-order valence-electron chi connectivity index (χ2n) is 9.69. The Morgan fingerprint density at radius 2 is 1.83 bits per heavy atom. The normalized spacial score (nSPS) is 11.1. The van der Waals surface area contributed by atoms with Crippen LogP contribution in [0.1, 0.15) is 34.5 Å². The summed E-state index contributed by atoms with van der Waals surface area (Å²) in [6, 6.07) is 21.5. The van der Waals surface area contributed by atoms with Gasteiger partial charge < -0.3 is 15.2 Å². The molecule has 10 heteroatoms. The zero-order chi connectivity index (χ0) is 28.6. The summed E-state index contributed by atoms with van der Waals surface area (Å²) in [6.07, 6.45) is 5.10. The highest BCUT2D eigenvalue weighted by molar-refractivity contribution is 6.30. The number of pyridine rings is 1. The van der Waals surface area contributed by atoms with E-state index in [1.807, 2.05) is 36.4 Å². The van der Waals surface area contributed by atoms with Crippen LogP contribution in [-0.2, 0) is 13.0 Å². The minimum Gasteiger partial charge on any atom is -0.369 e. The highest BCUT2D eigenvalue weighted by Crippen LogP contribution is 2.23. The quantitative estimate of drug-likeness (QED) is 0.185. The van der Waals surface area contributed by atoms with Gasteiger partial charge in [0.1, 0.15) is 5.82 Å². The third kappa shape index (κ3) is 7.18. The summed E-state index contributed by atoms with van der Waals surface area (Å²) in [7, 11) is 0. The van der Waals surface area contributed by atoms with Crippen molar-refractivity contribution in [3.63, 3.8) is 0 Å². The van der Waals surface area contributed by atoms with Gasteiger partial charge in [-0.2, -0.15) is 0 Å². The topological polar surface area (TPSA) is 95.4 Å². The van der Waals surface area contributed by atoms with Crippen molar-refractivity contribution in [2.75, 3.05) is 25.1 Å². The summed E-state index contributed by atoms with van der Waals surface area (Å²) in [5, 5.41) is 8.50. The number of halogens is 2. The summed E-state index contributed by atoms with van der Waals surface area (Å²) in [5.74, 6) is 0.556. The summed E-state index contributed by atoms with van der Waals surface area (Å²) in [4.78, 5) is 34.8. The lowest BCUT2D eigenvalue weighted by atomic mass is 10.1. The summed E-state index contributed by atoms with van der Waals surface area (Å²) in [6.45, 7) is 1.12. The lowest BCUT2D eigenvalue weighted by molar-refractivity contribution is 0.0744. The Morgan fingerprint density at radius 1 is 1.02 bits per heavy atom. The SMILES string of the molecule is O=C(c1ccc(-c2cnc3ccc(NCCCCF)nn23)cc1)N(CCc1cc(=O)cc[nH]1)Cc1ccc(Cl)cc1. The van der Waals surface area contributed by atoms with Gasteiger partial charge in [-0.1, -0.05) is 35.9 Å². The van der Waals surface area contributed by atoms with Gasteiger partial charge in [-0.3, -0.25) is 14.0 Å². The second kappa shape index (κ2) is 13.2. The highest BCUT2D eigenvalue weighted by atomic mass is 35.5. The van der Waals surface area contributed by atoms with Crippen LogP contribution in [0.15, 0.2) is 90.0 Å². The Hall–Kier alpha value is -4.50. The zero-order valence-corrected chi connectivity index (χ0v) is 23.1. The fraction of sp³-hybridized carbons (Fsp3) is 0.226. The summed E-state index contributed by atoms with van der Waals surface area (Å²) >= 11 is 6.06. The number of benzene rings is 2. The van der Waals surface area contributed by atoms with Crippen molar-refractivity contribution in [3.05, 3.63) is 117 Å². The van der Waals surface area contributed by atoms with E-state index in [4.69, 9.17) is 11.6 Å². The molecule has 5 aromatic rings. The fourth-order valence-electron chi connectivity index (χ4n) is 4.52. The van der Waals surface area contributed by atoms with E-state index < -0.39 is 0 Å². The smallest absolute Gasteiger partial charge is 0.254 e. The van der Waals surface area contributed by atoms with Gasteiger partial charge in [0.25, 0.3) is 5.91 Å². The first-order valence-corrected chi connectivity index (χ1v) is 13.8. The maximum absolute atomic E-state index is 13.7. The van der Waals surface area contributed by atoms with Crippen LogP contribution in [0.2, 0.25) is 5.02 Å². The van der Waals surface area contributed by atoms with Gasteiger partial charge in [-0.05, 0) is 54.8 Å². The number of imidazole rings is 1. The Morgan fingerprint density at radius 3 is 2.59 bits per heavy atom. The van der Waals surface area contributed by atoms with Crippen molar-refractivity contribution in [2.24, 2.45) is 0 Å².